The van der Waals surface area contributed by atoms with Crippen molar-refractivity contribution in [3.05, 3.63) is 29.8 Å². The summed E-state index contributed by atoms with van der Waals surface area (Å²) in [5.74, 6) is 0.859. The third-order valence-corrected chi connectivity index (χ3v) is 2.24. The fourth-order valence-corrected chi connectivity index (χ4v) is 1.45. The second kappa shape index (κ2) is 7.25. The van der Waals surface area contributed by atoms with Crippen molar-refractivity contribution in [2.24, 2.45) is 5.73 Å². The molecule has 0 bridgehead atoms. The number of hydrogen-bond acceptors (Lipinski definition) is 3. The number of rotatable bonds is 7. The second-order valence-electron chi connectivity index (χ2n) is 3.79. The average molecular weight is 223 g/mol. The Morgan fingerprint density at radius 3 is 2.62 bits per heavy atom. The summed E-state index contributed by atoms with van der Waals surface area (Å²) in [7, 11) is 0. The normalized spacial score (nSPS) is 12.4. The number of benzene rings is 1. The summed E-state index contributed by atoms with van der Waals surface area (Å²) in [6.07, 6.45) is 1.04. The van der Waals surface area contributed by atoms with Gasteiger partial charge >= 0.3 is 0 Å². The molecule has 16 heavy (non-hydrogen) atoms. The Bertz CT molecular complexity index is 300. The summed E-state index contributed by atoms with van der Waals surface area (Å²) < 4.78 is 11.0. The summed E-state index contributed by atoms with van der Waals surface area (Å²) in [6.45, 7) is 6.03. The van der Waals surface area contributed by atoms with Gasteiger partial charge < -0.3 is 15.2 Å². The fraction of sp³-hybridized carbons (Fsp3) is 0.538. The Labute approximate surface area is 97.6 Å². The predicted molar refractivity (Wildman–Crippen MR) is 65.6 cm³/mol. The Morgan fingerprint density at radius 1 is 1.19 bits per heavy atom. The smallest absolute Gasteiger partial charge is 0.124 e. The van der Waals surface area contributed by atoms with Crippen LogP contribution >= 0.6 is 0 Å². The highest BCUT2D eigenvalue weighted by Gasteiger charge is 2.06. The van der Waals surface area contributed by atoms with Gasteiger partial charge in [0.05, 0.1) is 6.61 Å². The predicted octanol–water partition coefficient (Wildman–Crippen LogP) is 2.51. The van der Waals surface area contributed by atoms with Crippen molar-refractivity contribution in [1.29, 1.82) is 0 Å². The first-order chi connectivity index (χ1) is 7.75. The molecule has 3 nitrogen and oxygen atoms in total. The van der Waals surface area contributed by atoms with Crippen molar-refractivity contribution in [3.8, 4) is 5.75 Å². The third-order valence-electron chi connectivity index (χ3n) is 2.24. The van der Waals surface area contributed by atoms with Crippen LogP contribution < -0.4 is 10.5 Å². The lowest BCUT2D eigenvalue weighted by atomic mass is 10.1. The van der Waals surface area contributed by atoms with Crippen molar-refractivity contribution in [2.45, 2.75) is 26.3 Å². The molecule has 0 aliphatic rings. The zero-order chi connectivity index (χ0) is 11.8. The third kappa shape index (κ3) is 4.21. The van der Waals surface area contributed by atoms with Crippen molar-refractivity contribution in [1.82, 2.24) is 0 Å². The van der Waals surface area contributed by atoms with E-state index in [0.29, 0.717) is 13.2 Å². The van der Waals surface area contributed by atoms with Gasteiger partial charge in [0, 0.05) is 18.2 Å². The molecule has 1 aromatic rings. The molecule has 0 unspecified atom stereocenters. The maximum Gasteiger partial charge on any atom is 0.124 e. The molecule has 0 fully saturated rings. The SMILES string of the molecule is CCCOCCOc1ccccc1[C@@H](C)N. The summed E-state index contributed by atoms with van der Waals surface area (Å²) in [6, 6.07) is 7.85. The molecule has 0 amide bonds. The molecule has 0 spiro atoms. The van der Waals surface area contributed by atoms with E-state index in [9.17, 15) is 0 Å². The lowest BCUT2D eigenvalue weighted by molar-refractivity contribution is 0.100. The van der Waals surface area contributed by atoms with Gasteiger partial charge in [-0.3, -0.25) is 0 Å². The standard InChI is InChI=1S/C13H21NO2/c1-3-8-15-9-10-16-13-7-5-4-6-12(13)11(2)14/h4-7,11H,3,8-10,14H2,1-2H3/t11-/m1/s1. The van der Waals surface area contributed by atoms with Crippen LogP contribution in [0, 0.1) is 0 Å². The molecular weight excluding hydrogens is 202 g/mol. The highest BCUT2D eigenvalue weighted by molar-refractivity contribution is 5.35. The molecule has 0 aromatic heterocycles. The Kier molecular flexibility index (Phi) is 5.90. The lowest BCUT2D eigenvalue weighted by Crippen LogP contribution is -2.11. The van der Waals surface area contributed by atoms with E-state index in [1.807, 2.05) is 31.2 Å². The lowest BCUT2D eigenvalue weighted by Gasteiger charge is -2.13. The van der Waals surface area contributed by atoms with Gasteiger partial charge in [0.1, 0.15) is 12.4 Å². The average Bonchev–Trinajstić information content (AvgIpc) is 2.29. The van der Waals surface area contributed by atoms with E-state index >= 15 is 0 Å². The van der Waals surface area contributed by atoms with Gasteiger partial charge in [-0.05, 0) is 19.4 Å². The molecule has 0 saturated heterocycles. The molecule has 1 rings (SSSR count). The van der Waals surface area contributed by atoms with Crippen LogP contribution in [0.15, 0.2) is 24.3 Å². The first-order valence-electron chi connectivity index (χ1n) is 5.80. The van der Waals surface area contributed by atoms with E-state index in [0.717, 1.165) is 24.3 Å². The zero-order valence-corrected chi connectivity index (χ0v) is 10.1. The molecular formula is C13H21NO2. The van der Waals surface area contributed by atoms with E-state index in [-0.39, 0.29) is 6.04 Å². The maximum atomic E-state index is 5.86. The summed E-state index contributed by atoms with van der Waals surface area (Å²) in [5.41, 5.74) is 6.90. The van der Waals surface area contributed by atoms with Gasteiger partial charge in [0.25, 0.3) is 0 Å². The van der Waals surface area contributed by atoms with Crippen LogP contribution in [0.4, 0.5) is 0 Å². The van der Waals surface area contributed by atoms with Crippen molar-refractivity contribution in [3.63, 3.8) is 0 Å². The number of nitrogens with two attached hydrogens (primary N) is 1. The first-order valence-corrected chi connectivity index (χ1v) is 5.80. The van der Waals surface area contributed by atoms with Gasteiger partial charge in [0.2, 0.25) is 0 Å². The summed E-state index contributed by atoms with van der Waals surface area (Å²) in [5, 5.41) is 0. The second-order valence-corrected chi connectivity index (χ2v) is 3.79. The molecule has 0 saturated carbocycles. The van der Waals surface area contributed by atoms with E-state index in [1.165, 1.54) is 0 Å². The molecule has 1 atom stereocenters. The molecule has 0 aliphatic heterocycles. The summed E-state index contributed by atoms with van der Waals surface area (Å²) in [4.78, 5) is 0. The quantitative estimate of drug-likeness (QED) is 0.722. The zero-order valence-electron chi connectivity index (χ0n) is 10.1. The van der Waals surface area contributed by atoms with E-state index in [4.69, 9.17) is 15.2 Å². The Balaban J connectivity index is 2.41. The molecule has 90 valence electrons. The minimum absolute atomic E-state index is 0.00670. The highest BCUT2D eigenvalue weighted by atomic mass is 16.5. The molecule has 1 aromatic carbocycles. The van der Waals surface area contributed by atoms with Gasteiger partial charge in [0.15, 0.2) is 0 Å². The first kappa shape index (κ1) is 13.0. The van der Waals surface area contributed by atoms with E-state index < -0.39 is 0 Å². The van der Waals surface area contributed by atoms with Gasteiger partial charge in [-0.25, -0.2) is 0 Å². The minimum Gasteiger partial charge on any atom is -0.491 e. The minimum atomic E-state index is -0.00670. The molecule has 2 N–H and O–H groups in total. The van der Waals surface area contributed by atoms with E-state index in [1.54, 1.807) is 0 Å². The Morgan fingerprint density at radius 2 is 1.94 bits per heavy atom. The molecule has 3 heteroatoms. The van der Waals surface area contributed by atoms with Gasteiger partial charge in [-0.1, -0.05) is 25.1 Å². The molecule has 0 radical (unpaired) electrons. The van der Waals surface area contributed by atoms with Crippen molar-refractivity contribution >= 4 is 0 Å². The van der Waals surface area contributed by atoms with Crippen LogP contribution in [0.1, 0.15) is 31.9 Å². The van der Waals surface area contributed by atoms with Crippen LogP contribution in [-0.2, 0) is 4.74 Å². The maximum absolute atomic E-state index is 5.86. The van der Waals surface area contributed by atoms with Crippen molar-refractivity contribution < 1.29 is 9.47 Å². The van der Waals surface area contributed by atoms with Crippen LogP contribution in [0.25, 0.3) is 0 Å². The van der Waals surface area contributed by atoms with Gasteiger partial charge in [-0.15, -0.1) is 0 Å². The monoisotopic (exact) mass is 223 g/mol. The van der Waals surface area contributed by atoms with Crippen molar-refractivity contribution in [2.75, 3.05) is 19.8 Å². The molecule has 0 aliphatic carbocycles. The number of para-hydroxylation sites is 1. The topological polar surface area (TPSA) is 44.5 Å². The summed E-state index contributed by atoms with van der Waals surface area (Å²) >= 11 is 0. The Hall–Kier alpha value is -1.06. The highest BCUT2D eigenvalue weighted by Crippen LogP contribution is 2.22. The van der Waals surface area contributed by atoms with E-state index in [2.05, 4.69) is 6.92 Å². The van der Waals surface area contributed by atoms with Gasteiger partial charge in [-0.2, -0.15) is 0 Å². The van der Waals surface area contributed by atoms with Crippen LogP contribution in [0.3, 0.4) is 0 Å². The number of hydrogen-bond donors (Lipinski definition) is 1. The van der Waals surface area contributed by atoms with Crippen LogP contribution in [0.2, 0.25) is 0 Å². The number of ether oxygens (including phenoxy) is 2. The molecule has 0 heterocycles. The fourth-order valence-electron chi connectivity index (χ4n) is 1.45. The largest absolute Gasteiger partial charge is 0.491 e. The van der Waals surface area contributed by atoms with Crippen LogP contribution in [-0.4, -0.2) is 19.8 Å². The van der Waals surface area contributed by atoms with Crippen LogP contribution in [0.5, 0.6) is 5.75 Å².